The van der Waals surface area contributed by atoms with Crippen molar-refractivity contribution in [1.82, 2.24) is 14.6 Å². The first-order chi connectivity index (χ1) is 12.0. The molecule has 0 saturated carbocycles. The van der Waals surface area contributed by atoms with Crippen molar-refractivity contribution >= 4 is 17.6 Å². The molecule has 2 heterocycles. The van der Waals surface area contributed by atoms with E-state index in [9.17, 15) is 9.90 Å². The highest BCUT2D eigenvalue weighted by Gasteiger charge is 2.24. The predicted octanol–water partition coefficient (Wildman–Crippen LogP) is 1.70. The SMILES string of the molecule is COc1ccc(-c2ccc3nc(N)nn3c2C(=O)O)c(OC)c1OC. The number of carboxylic acids is 1. The summed E-state index contributed by atoms with van der Waals surface area (Å²) in [6, 6.07) is 6.61. The van der Waals surface area contributed by atoms with Gasteiger partial charge in [0.25, 0.3) is 0 Å². The topological polar surface area (TPSA) is 121 Å². The maximum Gasteiger partial charge on any atom is 0.355 e. The number of methoxy groups -OCH3 is 3. The largest absolute Gasteiger partial charge is 0.493 e. The monoisotopic (exact) mass is 344 g/mol. The quantitative estimate of drug-likeness (QED) is 0.717. The van der Waals surface area contributed by atoms with Gasteiger partial charge in [0.15, 0.2) is 22.8 Å². The first-order valence-electron chi connectivity index (χ1n) is 7.19. The van der Waals surface area contributed by atoms with Crippen LogP contribution in [0.4, 0.5) is 5.95 Å². The van der Waals surface area contributed by atoms with Gasteiger partial charge in [0, 0.05) is 11.1 Å². The molecule has 0 radical (unpaired) electrons. The second-order valence-electron chi connectivity index (χ2n) is 5.02. The van der Waals surface area contributed by atoms with Crippen molar-refractivity contribution in [3.8, 4) is 28.4 Å². The molecule has 1 aromatic carbocycles. The van der Waals surface area contributed by atoms with Crippen LogP contribution in [0.25, 0.3) is 16.8 Å². The minimum Gasteiger partial charge on any atom is -0.493 e. The van der Waals surface area contributed by atoms with Crippen LogP contribution in [0.1, 0.15) is 10.5 Å². The molecule has 0 amide bonds. The summed E-state index contributed by atoms with van der Waals surface area (Å²) in [4.78, 5) is 15.9. The average Bonchev–Trinajstić information content (AvgIpc) is 2.98. The molecule has 3 N–H and O–H groups in total. The van der Waals surface area contributed by atoms with Gasteiger partial charge in [-0.25, -0.2) is 9.31 Å². The van der Waals surface area contributed by atoms with Crippen molar-refractivity contribution in [2.45, 2.75) is 0 Å². The molecule has 0 unspecified atom stereocenters. The van der Waals surface area contributed by atoms with E-state index in [2.05, 4.69) is 10.1 Å². The van der Waals surface area contributed by atoms with Crippen LogP contribution in [-0.4, -0.2) is 47.0 Å². The third kappa shape index (κ3) is 2.55. The van der Waals surface area contributed by atoms with Gasteiger partial charge in [0.05, 0.1) is 21.3 Å². The molecule has 0 aliphatic rings. The Morgan fingerprint density at radius 1 is 1.04 bits per heavy atom. The predicted molar refractivity (Wildman–Crippen MR) is 89.5 cm³/mol. The number of pyridine rings is 1. The highest BCUT2D eigenvalue weighted by atomic mass is 16.5. The van der Waals surface area contributed by atoms with Crippen LogP contribution in [0.2, 0.25) is 0 Å². The summed E-state index contributed by atoms with van der Waals surface area (Å²) in [5, 5.41) is 13.7. The van der Waals surface area contributed by atoms with Gasteiger partial charge in [0.2, 0.25) is 11.7 Å². The first-order valence-corrected chi connectivity index (χ1v) is 7.19. The summed E-state index contributed by atoms with van der Waals surface area (Å²) in [5.41, 5.74) is 6.72. The van der Waals surface area contributed by atoms with E-state index in [1.807, 2.05) is 0 Å². The second kappa shape index (κ2) is 6.19. The van der Waals surface area contributed by atoms with Crippen LogP contribution in [0.15, 0.2) is 24.3 Å². The molecule has 9 heteroatoms. The minimum absolute atomic E-state index is 0.0149. The zero-order valence-corrected chi connectivity index (χ0v) is 13.8. The Labute approximate surface area is 142 Å². The third-order valence-electron chi connectivity index (χ3n) is 3.71. The lowest BCUT2D eigenvalue weighted by Crippen LogP contribution is -2.09. The Bertz CT molecular complexity index is 967. The standard InChI is InChI=1S/C16H16N4O5/c1-23-10-6-4-9(13(24-2)14(10)25-3)8-5-7-11-18-16(17)19-20(11)12(8)15(21)22/h4-7H,1-3H3,(H2,17,19)(H,21,22). The zero-order chi connectivity index (χ0) is 18.1. The summed E-state index contributed by atoms with van der Waals surface area (Å²) in [7, 11) is 4.45. The van der Waals surface area contributed by atoms with E-state index in [-0.39, 0.29) is 11.6 Å². The van der Waals surface area contributed by atoms with Crippen molar-refractivity contribution in [2.75, 3.05) is 27.1 Å². The molecular formula is C16H16N4O5. The Balaban J connectivity index is 2.37. The highest BCUT2D eigenvalue weighted by Crippen LogP contribution is 2.45. The van der Waals surface area contributed by atoms with Gasteiger partial charge in [-0.15, -0.1) is 5.10 Å². The number of fused-ring (bicyclic) bond motifs is 1. The number of nitrogens with two attached hydrogens (primary N) is 1. The lowest BCUT2D eigenvalue weighted by Gasteiger charge is -2.17. The van der Waals surface area contributed by atoms with Crippen molar-refractivity contribution in [2.24, 2.45) is 0 Å². The minimum atomic E-state index is -1.18. The zero-order valence-electron chi connectivity index (χ0n) is 13.8. The molecule has 0 aliphatic heterocycles. The van der Waals surface area contributed by atoms with Crippen LogP contribution in [0, 0.1) is 0 Å². The number of benzene rings is 1. The van der Waals surface area contributed by atoms with E-state index in [0.717, 1.165) is 0 Å². The van der Waals surface area contributed by atoms with Crippen LogP contribution < -0.4 is 19.9 Å². The van der Waals surface area contributed by atoms with Gasteiger partial charge in [-0.2, -0.15) is 4.98 Å². The summed E-state index contributed by atoms with van der Waals surface area (Å²) >= 11 is 0. The smallest absolute Gasteiger partial charge is 0.355 e. The van der Waals surface area contributed by atoms with E-state index in [0.29, 0.717) is 34.0 Å². The Morgan fingerprint density at radius 2 is 1.72 bits per heavy atom. The third-order valence-corrected chi connectivity index (χ3v) is 3.71. The Morgan fingerprint density at radius 3 is 2.32 bits per heavy atom. The Kier molecular flexibility index (Phi) is 4.05. The van der Waals surface area contributed by atoms with E-state index < -0.39 is 5.97 Å². The fourth-order valence-electron chi connectivity index (χ4n) is 2.70. The van der Waals surface area contributed by atoms with E-state index in [1.165, 1.54) is 25.8 Å². The molecule has 3 rings (SSSR count). The van der Waals surface area contributed by atoms with Crippen molar-refractivity contribution in [1.29, 1.82) is 0 Å². The molecule has 25 heavy (non-hydrogen) atoms. The fourth-order valence-corrected chi connectivity index (χ4v) is 2.70. The molecule has 0 bridgehead atoms. The number of nitrogens with zero attached hydrogens (tertiary/aromatic N) is 3. The molecule has 0 atom stereocenters. The second-order valence-corrected chi connectivity index (χ2v) is 5.02. The first kappa shape index (κ1) is 16.4. The Hall–Kier alpha value is -3.49. The molecule has 130 valence electrons. The summed E-state index contributed by atoms with van der Waals surface area (Å²) < 4.78 is 17.2. The van der Waals surface area contributed by atoms with Crippen molar-refractivity contribution in [3.63, 3.8) is 0 Å². The van der Waals surface area contributed by atoms with E-state index >= 15 is 0 Å². The maximum absolute atomic E-state index is 11.9. The highest BCUT2D eigenvalue weighted by molar-refractivity contribution is 5.96. The maximum atomic E-state index is 11.9. The fraction of sp³-hybridized carbons (Fsp3) is 0.188. The number of aromatic carboxylic acids is 1. The van der Waals surface area contributed by atoms with Gasteiger partial charge in [0.1, 0.15) is 0 Å². The molecular weight excluding hydrogens is 328 g/mol. The van der Waals surface area contributed by atoms with E-state index in [1.54, 1.807) is 24.3 Å². The van der Waals surface area contributed by atoms with Crippen LogP contribution in [-0.2, 0) is 0 Å². The number of anilines is 1. The lowest BCUT2D eigenvalue weighted by atomic mass is 10.0. The molecule has 0 saturated heterocycles. The molecule has 0 spiro atoms. The van der Waals surface area contributed by atoms with Gasteiger partial charge in [-0.1, -0.05) is 0 Å². The van der Waals surface area contributed by atoms with Gasteiger partial charge < -0.3 is 25.1 Å². The number of ether oxygens (including phenoxy) is 3. The van der Waals surface area contributed by atoms with Crippen LogP contribution >= 0.6 is 0 Å². The molecule has 9 nitrogen and oxygen atoms in total. The summed E-state index contributed by atoms with van der Waals surface area (Å²) in [6.07, 6.45) is 0. The number of nitrogen functional groups attached to an aromatic ring is 1. The lowest BCUT2D eigenvalue weighted by molar-refractivity contribution is 0.0688. The van der Waals surface area contributed by atoms with Gasteiger partial charge in [-0.3, -0.25) is 0 Å². The number of aromatic nitrogens is 3. The average molecular weight is 344 g/mol. The molecule has 2 aromatic heterocycles. The summed E-state index contributed by atoms with van der Waals surface area (Å²) in [6.45, 7) is 0. The number of hydrogen-bond donors (Lipinski definition) is 2. The summed E-state index contributed by atoms with van der Waals surface area (Å²) in [5.74, 6) is -0.0267. The van der Waals surface area contributed by atoms with E-state index in [4.69, 9.17) is 19.9 Å². The van der Waals surface area contributed by atoms with Crippen molar-refractivity contribution < 1.29 is 24.1 Å². The number of carbonyl (C=O) groups is 1. The molecule has 0 aliphatic carbocycles. The molecule has 0 fully saturated rings. The number of rotatable bonds is 5. The van der Waals surface area contributed by atoms with Gasteiger partial charge in [-0.05, 0) is 24.3 Å². The normalized spacial score (nSPS) is 10.7. The number of carboxylic acid groups (broad SMARTS) is 1. The molecule has 3 aromatic rings. The van der Waals surface area contributed by atoms with Crippen LogP contribution in [0.5, 0.6) is 17.2 Å². The van der Waals surface area contributed by atoms with Crippen LogP contribution in [0.3, 0.4) is 0 Å². The van der Waals surface area contributed by atoms with Gasteiger partial charge >= 0.3 is 5.97 Å². The van der Waals surface area contributed by atoms with Crippen molar-refractivity contribution in [3.05, 3.63) is 30.0 Å². The number of hydrogen-bond acceptors (Lipinski definition) is 7.